The lowest BCUT2D eigenvalue weighted by molar-refractivity contribution is -0.137. The minimum absolute atomic E-state index is 0.0617. The van der Waals surface area contributed by atoms with Crippen LogP contribution in [0.3, 0.4) is 0 Å². The smallest absolute Gasteiger partial charge is 0.478 e. The average molecular weight is 593 g/mol. The molecule has 7 nitrogen and oxygen atoms in total. The molecule has 0 unspecified atom stereocenters. The Labute approximate surface area is 247 Å². The molecule has 1 fully saturated rings. The molecule has 1 heterocycles. The van der Waals surface area contributed by atoms with Crippen LogP contribution < -0.4 is 5.32 Å². The molecular weight excluding hydrogens is 562 g/mol. The van der Waals surface area contributed by atoms with Gasteiger partial charge in [0.05, 0.1) is 22.3 Å². The van der Waals surface area contributed by atoms with Crippen molar-refractivity contribution < 1.29 is 41.9 Å². The number of aromatic carboxylic acids is 1. The first kappa shape index (κ1) is 30.4. The van der Waals surface area contributed by atoms with E-state index in [2.05, 4.69) is 5.32 Å². The minimum Gasteiger partial charge on any atom is -0.478 e. The predicted molar refractivity (Wildman–Crippen MR) is 156 cm³/mol. The van der Waals surface area contributed by atoms with Crippen LogP contribution in [0.2, 0.25) is 0 Å². The number of nitrogens with one attached hydrogen (secondary N) is 1. The summed E-state index contributed by atoms with van der Waals surface area (Å²) in [6.45, 7) is 7.04. The maximum atomic E-state index is 13.5. The van der Waals surface area contributed by atoms with Crippen molar-refractivity contribution in [3.63, 3.8) is 0 Å². The third kappa shape index (κ3) is 6.05. The largest absolute Gasteiger partial charge is 0.492 e. The monoisotopic (exact) mass is 593 g/mol. The van der Waals surface area contributed by atoms with Crippen LogP contribution in [0.1, 0.15) is 66.2 Å². The van der Waals surface area contributed by atoms with Gasteiger partial charge < -0.3 is 24.5 Å². The second-order valence-corrected chi connectivity index (χ2v) is 11.6. The second kappa shape index (κ2) is 11.2. The van der Waals surface area contributed by atoms with Gasteiger partial charge in [-0.2, -0.15) is 13.2 Å². The molecule has 0 spiro atoms. The van der Waals surface area contributed by atoms with Gasteiger partial charge in [-0.05, 0) is 79.2 Å². The molecule has 3 aromatic carbocycles. The summed E-state index contributed by atoms with van der Waals surface area (Å²) in [4.78, 5) is 24.8. The fourth-order valence-electron chi connectivity index (χ4n) is 5.27. The summed E-state index contributed by atoms with van der Waals surface area (Å²) in [5.41, 5.74) is 1.29. The fourth-order valence-corrected chi connectivity index (χ4v) is 5.27. The zero-order chi connectivity index (χ0) is 31.2. The highest BCUT2D eigenvalue weighted by Crippen LogP contribution is 2.44. The summed E-state index contributed by atoms with van der Waals surface area (Å²) in [6.07, 6.45) is -4.19. The summed E-state index contributed by atoms with van der Waals surface area (Å²) < 4.78 is 58.3. The number of hydrogen-bond acceptors (Lipinski definition) is 5. The number of alkyl halides is 3. The number of fused-ring (bicyclic) bond motifs is 3. The van der Waals surface area contributed by atoms with Crippen molar-refractivity contribution in [3.05, 3.63) is 100 Å². The lowest BCUT2D eigenvalue weighted by Crippen LogP contribution is -2.41. The van der Waals surface area contributed by atoms with E-state index < -0.39 is 42.1 Å². The molecule has 1 amide bonds. The van der Waals surface area contributed by atoms with E-state index in [1.807, 2.05) is 48.5 Å². The summed E-state index contributed by atoms with van der Waals surface area (Å²) in [7, 11) is -1.07. The van der Waals surface area contributed by atoms with Crippen LogP contribution in [0.4, 0.5) is 18.0 Å². The number of carbonyl (C=O) groups is 2. The molecule has 0 radical (unpaired) electrons. The van der Waals surface area contributed by atoms with Crippen molar-refractivity contribution >= 4 is 25.3 Å². The standard InChI is InChI=1S/C32H31BF3NO6/c1-30(2)31(3,4)43-33(42-30)21(16-19-15-20(32(34,35)36)13-14-22(19)28(38)39)17-37-29(40)41-18-27-25-11-7-5-9-23(25)24-10-6-8-12-26(24)27/h5-16,27H,17-18H2,1-4H3,(H,37,40)(H,38,39). The molecule has 0 aromatic heterocycles. The van der Waals surface area contributed by atoms with Crippen molar-refractivity contribution in [2.45, 2.75) is 51.0 Å². The van der Waals surface area contributed by atoms with Gasteiger partial charge >= 0.3 is 25.4 Å². The molecule has 1 aliphatic carbocycles. The van der Waals surface area contributed by atoms with Gasteiger partial charge in [0.2, 0.25) is 0 Å². The first-order chi connectivity index (χ1) is 20.2. The second-order valence-electron chi connectivity index (χ2n) is 11.6. The van der Waals surface area contributed by atoms with Crippen molar-refractivity contribution in [1.82, 2.24) is 5.32 Å². The number of halogens is 3. The van der Waals surface area contributed by atoms with Crippen molar-refractivity contribution in [2.75, 3.05) is 13.2 Å². The van der Waals surface area contributed by atoms with E-state index in [4.69, 9.17) is 14.0 Å². The molecular formula is C32H31BF3NO6. The number of carbonyl (C=O) groups excluding carboxylic acids is 1. The maximum absolute atomic E-state index is 13.5. The molecule has 0 atom stereocenters. The van der Waals surface area contributed by atoms with E-state index in [-0.39, 0.29) is 35.7 Å². The van der Waals surface area contributed by atoms with Gasteiger partial charge in [0, 0.05) is 12.5 Å². The maximum Gasteiger partial charge on any atom is 0.492 e. The third-order valence-electron chi connectivity index (χ3n) is 8.29. The van der Waals surface area contributed by atoms with Crippen LogP contribution >= 0.6 is 0 Å². The molecule has 43 heavy (non-hydrogen) atoms. The highest BCUT2D eigenvalue weighted by Gasteiger charge is 2.52. The highest BCUT2D eigenvalue weighted by atomic mass is 19.4. The van der Waals surface area contributed by atoms with E-state index in [0.717, 1.165) is 34.4 Å². The molecule has 1 saturated heterocycles. The van der Waals surface area contributed by atoms with Crippen LogP contribution in [-0.2, 0) is 20.2 Å². The van der Waals surface area contributed by atoms with Gasteiger partial charge in [-0.15, -0.1) is 0 Å². The van der Waals surface area contributed by atoms with E-state index in [1.54, 1.807) is 27.7 Å². The van der Waals surface area contributed by atoms with E-state index in [1.165, 1.54) is 6.08 Å². The van der Waals surface area contributed by atoms with Crippen LogP contribution in [0, 0.1) is 0 Å². The molecule has 0 bridgehead atoms. The molecule has 1 aliphatic heterocycles. The fraction of sp³-hybridized carbons (Fsp3) is 0.312. The molecule has 0 saturated carbocycles. The Bertz CT molecular complexity index is 1540. The minimum atomic E-state index is -4.69. The van der Waals surface area contributed by atoms with E-state index >= 15 is 0 Å². The molecule has 224 valence electrons. The quantitative estimate of drug-likeness (QED) is 0.288. The number of carboxylic acid groups (broad SMARTS) is 1. The number of amides is 1. The number of carboxylic acids is 1. The normalized spacial score (nSPS) is 17.4. The Morgan fingerprint density at radius 3 is 2.05 bits per heavy atom. The van der Waals surface area contributed by atoms with Gasteiger partial charge in [0.15, 0.2) is 0 Å². The zero-order valence-corrected chi connectivity index (χ0v) is 24.1. The number of hydrogen-bond donors (Lipinski definition) is 2. The van der Waals surface area contributed by atoms with Gasteiger partial charge in [0.25, 0.3) is 0 Å². The number of alkyl carbamates (subject to hydrolysis) is 1. The molecule has 11 heteroatoms. The summed E-state index contributed by atoms with van der Waals surface area (Å²) in [6, 6.07) is 18.2. The van der Waals surface area contributed by atoms with Crippen LogP contribution in [-0.4, -0.2) is 48.6 Å². The van der Waals surface area contributed by atoms with Crippen LogP contribution in [0.25, 0.3) is 17.2 Å². The topological polar surface area (TPSA) is 94.1 Å². The number of benzene rings is 3. The molecule has 5 rings (SSSR count). The average Bonchev–Trinajstić information content (AvgIpc) is 3.37. The zero-order valence-electron chi connectivity index (χ0n) is 24.1. The summed E-state index contributed by atoms with van der Waals surface area (Å²) in [5, 5.41) is 12.3. The predicted octanol–water partition coefficient (Wildman–Crippen LogP) is 6.96. The third-order valence-corrected chi connectivity index (χ3v) is 8.29. The Kier molecular flexibility index (Phi) is 7.91. The van der Waals surface area contributed by atoms with Crippen molar-refractivity contribution in [3.8, 4) is 11.1 Å². The molecule has 2 aliphatic rings. The Balaban J connectivity index is 1.39. The lowest BCUT2D eigenvalue weighted by Gasteiger charge is -2.32. The Hall–Kier alpha value is -4.09. The van der Waals surface area contributed by atoms with Crippen LogP contribution in [0.15, 0.2) is 72.2 Å². The lowest BCUT2D eigenvalue weighted by atomic mass is 9.76. The number of rotatable bonds is 7. The van der Waals surface area contributed by atoms with E-state index in [9.17, 15) is 27.9 Å². The number of ether oxygens (including phenoxy) is 1. The molecule has 2 N–H and O–H groups in total. The SMILES string of the molecule is CC1(C)OB(C(=Cc2cc(C(F)(F)F)ccc2C(=O)O)CNC(=O)OCC2c3ccccc3-c3ccccc32)OC1(C)C. The molecule has 3 aromatic rings. The van der Waals surface area contributed by atoms with Crippen molar-refractivity contribution in [1.29, 1.82) is 0 Å². The summed E-state index contributed by atoms with van der Waals surface area (Å²) in [5.74, 6) is -1.57. The first-order valence-electron chi connectivity index (χ1n) is 13.8. The van der Waals surface area contributed by atoms with Gasteiger partial charge in [-0.3, -0.25) is 0 Å². The highest BCUT2D eigenvalue weighted by molar-refractivity contribution is 6.56. The van der Waals surface area contributed by atoms with Gasteiger partial charge in [-0.1, -0.05) is 54.6 Å². The first-order valence-corrected chi connectivity index (χ1v) is 13.8. The van der Waals surface area contributed by atoms with Crippen LogP contribution in [0.5, 0.6) is 0 Å². The Morgan fingerprint density at radius 1 is 0.953 bits per heavy atom. The van der Waals surface area contributed by atoms with Crippen molar-refractivity contribution in [2.24, 2.45) is 0 Å². The summed E-state index contributed by atoms with van der Waals surface area (Å²) >= 11 is 0. The van der Waals surface area contributed by atoms with E-state index in [0.29, 0.717) is 6.07 Å². The van der Waals surface area contributed by atoms with Gasteiger partial charge in [0.1, 0.15) is 6.61 Å². The van der Waals surface area contributed by atoms with Gasteiger partial charge in [-0.25, -0.2) is 9.59 Å². The Morgan fingerprint density at radius 2 is 1.51 bits per heavy atom.